The summed E-state index contributed by atoms with van der Waals surface area (Å²) >= 11 is 0. The maximum absolute atomic E-state index is 14.4. The monoisotopic (exact) mass is 347 g/mol. The van der Waals surface area contributed by atoms with E-state index in [9.17, 15) is 18.0 Å². The maximum Gasteiger partial charge on any atom is 0.419 e. The van der Waals surface area contributed by atoms with Crippen molar-refractivity contribution in [1.29, 1.82) is 0 Å². The van der Waals surface area contributed by atoms with Crippen LogP contribution in [0.5, 0.6) is 0 Å². The molecule has 0 aliphatic carbocycles. The molecule has 25 heavy (non-hydrogen) atoms. The number of rotatable bonds is 1. The van der Waals surface area contributed by atoms with Crippen molar-refractivity contribution in [2.45, 2.75) is 26.4 Å². The van der Waals surface area contributed by atoms with Crippen LogP contribution in [0.4, 0.5) is 18.0 Å². The minimum absolute atomic E-state index is 0.0880. The van der Waals surface area contributed by atoms with E-state index in [0.717, 1.165) is 10.6 Å². The van der Waals surface area contributed by atoms with E-state index >= 15 is 0 Å². The van der Waals surface area contributed by atoms with Gasteiger partial charge < -0.3 is 4.74 Å². The van der Waals surface area contributed by atoms with Gasteiger partial charge in [-0.25, -0.2) is 22.5 Å². The maximum atomic E-state index is 14.4. The molecule has 0 unspecified atom stereocenters. The van der Waals surface area contributed by atoms with E-state index in [1.165, 1.54) is 30.3 Å². The molecule has 0 aliphatic heterocycles. The van der Waals surface area contributed by atoms with Crippen molar-refractivity contribution in [2.24, 2.45) is 0 Å². The van der Waals surface area contributed by atoms with E-state index in [1.54, 1.807) is 20.8 Å². The van der Waals surface area contributed by atoms with Crippen LogP contribution in [0.2, 0.25) is 0 Å². The number of ether oxygens (including phenoxy) is 1. The highest BCUT2D eigenvalue weighted by atomic mass is 19.1. The first kappa shape index (κ1) is 17.1. The highest BCUT2D eigenvalue weighted by Gasteiger charge is 2.25. The number of fused-ring (bicyclic) bond motifs is 1. The lowest BCUT2D eigenvalue weighted by atomic mass is 10.1. The third-order valence-corrected chi connectivity index (χ3v) is 3.53. The van der Waals surface area contributed by atoms with Crippen LogP contribution in [0.15, 0.2) is 42.5 Å². The van der Waals surface area contributed by atoms with Gasteiger partial charge in [0.25, 0.3) is 0 Å². The molecule has 0 aliphatic rings. The normalized spacial score (nSPS) is 11.8. The summed E-state index contributed by atoms with van der Waals surface area (Å²) in [6, 6.07) is 8.67. The Bertz CT molecular complexity index is 953. The molecule has 2 aromatic carbocycles. The van der Waals surface area contributed by atoms with E-state index in [-0.39, 0.29) is 16.6 Å². The molecule has 3 rings (SSSR count). The zero-order valence-electron chi connectivity index (χ0n) is 13.9. The minimum atomic E-state index is -0.880. The van der Waals surface area contributed by atoms with Gasteiger partial charge in [-0.1, -0.05) is 0 Å². The predicted molar refractivity (Wildman–Crippen MR) is 88.9 cm³/mol. The molecule has 0 N–H and O–H groups in total. The second kappa shape index (κ2) is 5.95. The first-order valence-electron chi connectivity index (χ1n) is 7.65. The second-order valence-electron chi connectivity index (χ2n) is 6.68. The molecule has 0 saturated heterocycles. The van der Waals surface area contributed by atoms with Crippen molar-refractivity contribution in [1.82, 2.24) is 4.57 Å². The van der Waals surface area contributed by atoms with Gasteiger partial charge in [0.05, 0.1) is 11.2 Å². The van der Waals surface area contributed by atoms with E-state index in [0.29, 0.717) is 11.6 Å². The topological polar surface area (TPSA) is 31.2 Å². The Kier molecular flexibility index (Phi) is 4.06. The zero-order chi connectivity index (χ0) is 18.4. The number of aromatic nitrogens is 1. The van der Waals surface area contributed by atoms with Gasteiger partial charge in [0, 0.05) is 11.5 Å². The summed E-state index contributed by atoms with van der Waals surface area (Å²) in [6.07, 6.45) is -0.799. The van der Waals surface area contributed by atoms with Crippen LogP contribution in [-0.4, -0.2) is 16.3 Å². The smallest absolute Gasteiger partial charge is 0.419 e. The van der Waals surface area contributed by atoms with Crippen molar-refractivity contribution < 1.29 is 22.7 Å². The molecule has 1 aromatic heterocycles. The zero-order valence-corrected chi connectivity index (χ0v) is 13.9. The minimum Gasteiger partial charge on any atom is -0.443 e. The largest absolute Gasteiger partial charge is 0.443 e. The highest BCUT2D eigenvalue weighted by Crippen LogP contribution is 2.31. The summed E-state index contributed by atoms with van der Waals surface area (Å²) < 4.78 is 47.5. The number of benzene rings is 2. The molecule has 3 nitrogen and oxygen atoms in total. The summed E-state index contributed by atoms with van der Waals surface area (Å²) in [5.74, 6) is -2.08. The lowest BCUT2D eigenvalue weighted by Gasteiger charge is -2.21. The lowest BCUT2D eigenvalue weighted by Crippen LogP contribution is -2.27. The Morgan fingerprint density at radius 2 is 1.60 bits per heavy atom. The summed E-state index contributed by atoms with van der Waals surface area (Å²) in [5, 5.41) is 0.211. The van der Waals surface area contributed by atoms with Gasteiger partial charge in [0.1, 0.15) is 17.2 Å². The molecule has 130 valence electrons. The molecular weight excluding hydrogens is 331 g/mol. The quantitative estimate of drug-likeness (QED) is 0.581. The Morgan fingerprint density at radius 1 is 0.960 bits per heavy atom. The van der Waals surface area contributed by atoms with Gasteiger partial charge in [-0.05, 0) is 62.7 Å². The molecular formula is C19H16F3NO2. The fraction of sp³-hybridized carbons (Fsp3) is 0.211. The fourth-order valence-corrected chi connectivity index (χ4v) is 2.59. The number of carbonyl (C=O) groups is 1. The van der Waals surface area contributed by atoms with Gasteiger partial charge in [-0.15, -0.1) is 0 Å². The lowest BCUT2D eigenvalue weighted by molar-refractivity contribution is 0.0546. The number of halogens is 3. The van der Waals surface area contributed by atoms with Crippen molar-refractivity contribution in [3.8, 4) is 11.3 Å². The van der Waals surface area contributed by atoms with Crippen LogP contribution >= 0.6 is 0 Å². The Morgan fingerprint density at radius 3 is 2.20 bits per heavy atom. The van der Waals surface area contributed by atoms with E-state index in [2.05, 4.69) is 0 Å². The molecule has 0 amide bonds. The van der Waals surface area contributed by atoms with Crippen molar-refractivity contribution in [2.75, 3.05) is 0 Å². The molecule has 3 aromatic rings. The predicted octanol–water partition coefficient (Wildman–Crippen LogP) is 5.51. The molecule has 0 spiro atoms. The van der Waals surface area contributed by atoms with Crippen molar-refractivity contribution in [3.63, 3.8) is 0 Å². The standard InChI is InChI=1S/C19H16F3NO2/c1-19(2,3)25-18(24)23-16(11-4-6-13(20)7-5-11)9-12-8-14(21)10-15(22)17(12)23/h4-10H,1-3H3. The Hall–Kier alpha value is -2.76. The molecule has 0 fully saturated rings. The van der Waals surface area contributed by atoms with Gasteiger partial charge in [-0.3, -0.25) is 0 Å². The van der Waals surface area contributed by atoms with Crippen LogP contribution in [0.3, 0.4) is 0 Å². The SMILES string of the molecule is CC(C)(C)OC(=O)n1c(-c2ccc(F)cc2)cc2cc(F)cc(F)c21. The van der Waals surface area contributed by atoms with E-state index in [4.69, 9.17) is 4.74 Å². The number of hydrogen-bond donors (Lipinski definition) is 0. The fourth-order valence-electron chi connectivity index (χ4n) is 2.59. The molecule has 0 bridgehead atoms. The first-order valence-corrected chi connectivity index (χ1v) is 7.65. The molecule has 0 atom stereocenters. The van der Waals surface area contributed by atoms with Gasteiger partial charge >= 0.3 is 6.09 Å². The van der Waals surface area contributed by atoms with E-state index in [1.807, 2.05) is 0 Å². The molecule has 1 heterocycles. The van der Waals surface area contributed by atoms with Gasteiger partial charge in [-0.2, -0.15) is 0 Å². The third-order valence-electron chi connectivity index (χ3n) is 3.53. The van der Waals surface area contributed by atoms with Crippen LogP contribution in [0.25, 0.3) is 22.2 Å². The third kappa shape index (κ3) is 3.38. The first-order chi connectivity index (χ1) is 11.7. The second-order valence-corrected chi connectivity index (χ2v) is 6.68. The van der Waals surface area contributed by atoms with Crippen LogP contribution < -0.4 is 0 Å². The molecule has 0 saturated carbocycles. The van der Waals surface area contributed by atoms with Crippen LogP contribution in [0.1, 0.15) is 20.8 Å². The Labute approximate surface area is 142 Å². The van der Waals surface area contributed by atoms with Gasteiger partial charge in [0.2, 0.25) is 0 Å². The van der Waals surface area contributed by atoms with Gasteiger partial charge in [0.15, 0.2) is 5.82 Å². The summed E-state index contributed by atoms with van der Waals surface area (Å²) in [6.45, 7) is 5.05. The van der Waals surface area contributed by atoms with Crippen LogP contribution in [-0.2, 0) is 4.74 Å². The molecule has 0 radical (unpaired) electrons. The van der Waals surface area contributed by atoms with E-state index < -0.39 is 29.1 Å². The average molecular weight is 347 g/mol. The van der Waals surface area contributed by atoms with Crippen LogP contribution in [0, 0.1) is 17.5 Å². The Balaban J connectivity index is 2.28. The number of hydrogen-bond acceptors (Lipinski definition) is 2. The average Bonchev–Trinajstić information content (AvgIpc) is 2.85. The highest BCUT2D eigenvalue weighted by molar-refractivity contribution is 5.96. The van der Waals surface area contributed by atoms with Crippen molar-refractivity contribution in [3.05, 3.63) is 59.9 Å². The number of nitrogens with zero attached hydrogens (tertiary/aromatic N) is 1. The number of carbonyl (C=O) groups excluding carboxylic acids is 1. The van der Waals surface area contributed by atoms with Crippen molar-refractivity contribution >= 4 is 17.0 Å². The molecule has 6 heteroatoms. The summed E-state index contributed by atoms with van der Waals surface area (Å²) in [7, 11) is 0. The summed E-state index contributed by atoms with van der Waals surface area (Å²) in [4.78, 5) is 12.6. The summed E-state index contributed by atoms with van der Waals surface area (Å²) in [5.41, 5.74) is -0.128.